The summed E-state index contributed by atoms with van der Waals surface area (Å²) in [5, 5.41) is 1.77. The molecule has 3 heteroatoms. The molecule has 0 spiro atoms. The van der Waals surface area contributed by atoms with Crippen molar-refractivity contribution in [1.82, 2.24) is 0 Å². The summed E-state index contributed by atoms with van der Waals surface area (Å²) in [6.07, 6.45) is 4.92. The van der Waals surface area contributed by atoms with E-state index in [2.05, 4.69) is 28.5 Å². The lowest BCUT2D eigenvalue weighted by atomic mass is 10.2. The van der Waals surface area contributed by atoms with Crippen molar-refractivity contribution in [2.24, 2.45) is 0 Å². The van der Waals surface area contributed by atoms with E-state index in [1.165, 1.54) is 11.3 Å². The van der Waals surface area contributed by atoms with Crippen molar-refractivity contribution in [3.05, 3.63) is 19.9 Å². The van der Waals surface area contributed by atoms with Gasteiger partial charge < -0.3 is 0 Å². The average molecular weight is 262 g/mol. The second-order valence-electron chi connectivity index (χ2n) is 1.61. The van der Waals surface area contributed by atoms with Gasteiger partial charge in [0, 0.05) is 10.9 Å². The summed E-state index contributed by atoms with van der Waals surface area (Å²) in [6.45, 7) is 0. The summed E-state index contributed by atoms with van der Waals surface area (Å²) in [5.41, 5.74) is 0.622. The molecule has 0 aliphatic rings. The van der Waals surface area contributed by atoms with Crippen LogP contribution in [0.2, 0.25) is 0 Å². The summed E-state index contributed by atoms with van der Waals surface area (Å²) >= 11 is 3.67. The Bertz CT molecular complexity index is 295. The zero-order valence-corrected chi connectivity index (χ0v) is 7.90. The predicted molar refractivity (Wildman–Crippen MR) is 50.2 cm³/mol. The Balaban J connectivity index is 2.98. The number of hydrogen-bond acceptors (Lipinski definition) is 2. The molecule has 0 fully saturated rings. The Morgan fingerprint density at radius 3 is 2.90 bits per heavy atom. The maximum absolute atomic E-state index is 10.8. The number of halogens is 1. The quantitative estimate of drug-likeness (QED) is 0.328. The summed E-state index contributed by atoms with van der Waals surface area (Å²) in [5.74, 6) is 1.82. The smallest absolute Gasteiger partial charge is 0.236 e. The topological polar surface area (TPSA) is 17.1 Å². The molecule has 0 N–H and O–H groups in total. The van der Waals surface area contributed by atoms with Gasteiger partial charge in [0.05, 0.1) is 2.88 Å². The molecule has 1 heterocycles. The van der Waals surface area contributed by atoms with Crippen molar-refractivity contribution in [2.45, 2.75) is 0 Å². The summed E-state index contributed by atoms with van der Waals surface area (Å²) in [7, 11) is 0. The van der Waals surface area contributed by atoms with Gasteiger partial charge in [0.15, 0.2) is 0 Å². The number of Topliss-reactive ketones (excluding diaryl/α,β-unsaturated/α-hetero) is 1. The van der Waals surface area contributed by atoms with Crippen LogP contribution in [0.5, 0.6) is 0 Å². The molecule has 0 unspecified atom stereocenters. The van der Waals surface area contributed by atoms with Crippen LogP contribution in [0.25, 0.3) is 0 Å². The van der Waals surface area contributed by atoms with E-state index in [9.17, 15) is 4.79 Å². The Morgan fingerprint density at radius 1 is 1.80 bits per heavy atom. The third-order valence-corrected chi connectivity index (χ3v) is 2.75. The molecule has 0 saturated carbocycles. The van der Waals surface area contributed by atoms with E-state index in [1.807, 2.05) is 0 Å². The van der Waals surface area contributed by atoms with Crippen LogP contribution in [0.4, 0.5) is 0 Å². The highest BCUT2D eigenvalue weighted by molar-refractivity contribution is 14.1. The molecule has 0 amide bonds. The first-order chi connectivity index (χ1) is 4.74. The van der Waals surface area contributed by atoms with E-state index in [0.29, 0.717) is 5.56 Å². The zero-order valence-electron chi connectivity index (χ0n) is 4.93. The first kappa shape index (κ1) is 7.76. The Morgan fingerprint density at radius 2 is 2.50 bits per heavy atom. The third-order valence-electron chi connectivity index (χ3n) is 0.961. The molecule has 1 nitrogen and oxygen atoms in total. The van der Waals surface area contributed by atoms with Gasteiger partial charge in [0.2, 0.25) is 5.78 Å². The van der Waals surface area contributed by atoms with Gasteiger partial charge in [-0.1, -0.05) is 0 Å². The van der Waals surface area contributed by atoms with Crippen LogP contribution in [0.1, 0.15) is 10.4 Å². The average Bonchev–Trinajstić information content (AvgIpc) is 2.34. The number of thiophene rings is 1. The fourth-order valence-electron chi connectivity index (χ4n) is 0.512. The fraction of sp³-hybridized carbons (Fsp3) is 0. The molecule has 0 aliphatic carbocycles. The summed E-state index contributed by atoms with van der Waals surface area (Å²) in [6, 6.07) is 1.79. The van der Waals surface area contributed by atoms with E-state index in [-0.39, 0.29) is 5.78 Å². The van der Waals surface area contributed by atoms with Crippen LogP contribution in [0.15, 0.2) is 11.4 Å². The number of terminal acetylenes is 1. The molecule has 0 radical (unpaired) electrons. The molecule has 1 rings (SSSR count). The minimum absolute atomic E-state index is 0.237. The van der Waals surface area contributed by atoms with Crippen LogP contribution in [0, 0.1) is 15.2 Å². The van der Waals surface area contributed by atoms with Gasteiger partial charge in [-0.2, -0.15) is 0 Å². The van der Waals surface area contributed by atoms with Crippen LogP contribution in [-0.2, 0) is 0 Å². The molecule has 1 aromatic heterocycles. The van der Waals surface area contributed by atoms with E-state index < -0.39 is 0 Å². The van der Waals surface area contributed by atoms with Crippen LogP contribution in [0.3, 0.4) is 0 Å². The molecule has 0 atom stereocenters. The lowest BCUT2D eigenvalue weighted by molar-refractivity contribution is 0.105. The van der Waals surface area contributed by atoms with Crippen molar-refractivity contribution < 1.29 is 4.79 Å². The first-order valence-corrected chi connectivity index (χ1v) is 4.45. The van der Waals surface area contributed by atoms with Crippen molar-refractivity contribution in [2.75, 3.05) is 0 Å². The van der Waals surface area contributed by atoms with Gasteiger partial charge in [-0.05, 0) is 34.6 Å². The highest BCUT2D eigenvalue weighted by Crippen LogP contribution is 2.16. The van der Waals surface area contributed by atoms with Gasteiger partial charge >= 0.3 is 0 Å². The van der Waals surface area contributed by atoms with Crippen LogP contribution >= 0.6 is 33.9 Å². The molecule has 0 bridgehead atoms. The van der Waals surface area contributed by atoms with Crippen molar-refractivity contribution in [3.63, 3.8) is 0 Å². The molecule has 50 valence electrons. The molecule has 0 aromatic carbocycles. The number of carbonyl (C=O) groups is 1. The zero-order chi connectivity index (χ0) is 7.56. The summed E-state index contributed by atoms with van der Waals surface area (Å²) < 4.78 is 1.08. The molecule has 1 aromatic rings. The van der Waals surface area contributed by atoms with E-state index in [4.69, 9.17) is 6.42 Å². The van der Waals surface area contributed by atoms with Gasteiger partial charge in [-0.25, -0.2) is 0 Å². The monoisotopic (exact) mass is 262 g/mol. The SMILES string of the molecule is C#CC(=O)c1csc(I)c1. The van der Waals surface area contributed by atoms with Crippen molar-refractivity contribution >= 4 is 39.7 Å². The van der Waals surface area contributed by atoms with Gasteiger partial charge in [-0.15, -0.1) is 17.8 Å². The van der Waals surface area contributed by atoms with Gasteiger partial charge in [-0.3, -0.25) is 4.79 Å². The second kappa shape index (κ2) is 3.17. The number of rotatable bonds is 1. The highest BCUT2D eigenvalue weighted by atomic mass is 127. The second-order valence-corrected chi connectivity index (χ2v) is 4.42. The first-order valence-electron chi connectivity index (χ1n) is 2.49. The number of carbonyl (C=O) groups excluding carboxylic acids is 1. The van der Waals surface area contributed by atoms with E-state index in [1.54, 1.807) is 11.4 Å². The maximum atomic E-state index is 10.8. The lowest BCUT2D eigenvalue weighted by Crippen LogP contribution is -1.89. The van der Waals surface area contributed by atoms with E-state index in [0.717, 1.165) is 2.88 Å². The Kier molecular flexibility index (Phi) is 2.46. The third kappa shape index (κ3) is 1.58. The minimum atomic E-state index is -0.237. The Labute approximate surface area is 76.6 Å². The van der Waals surface area contributed by atoms with Gasteiger partial charge in [0.25, 0.3) is 0 Å². The fourth-order valence-corrected chi connectivity index (χ4v) is 1.84. The van der Waals surface area contributed by atoms with Crippen molar-refractivity contribution in [1.29, 1.82) is 0 Å². The highest BCUT2D eigenvalue weighted by Gasteiger charge is 2.02. The maximum Gasteiger partial charge on any atom is 0.236 e. The molecule has 10 heavy (non-hydrogen) atoms. The van der Waals surface area contributed by atoms with Crippen LogP contribution in [-0.4, -0.2) is 5.78 Å². The van der Waals surface area contributed by atoms with E-state index >= 15 is 0 Å². The largest absolute Gasteiger partial charge is 0.279 e. The van der Waals surface area contributed by atoms with Crippen molar-refractivity contribution in [3.8, 4) is 12.3 Å². The molecule has 0 saturated heterocycles. The lowest BCUT2D eigenvalue weighted by Gasteiger charge is -1.80. The molecular formula is C7H3IOS. The minimum Gasteiger partial charge on any atom is -0.279 e. The van der Waals surface area contributed by atoms with Gasteiger partial charge in [0.1, 0.15) is 0 Å². The van der Waals surface area contributed by atoms with Crippen LogP contribution < -0.4 is 0 Å². The Hall–Kier alpha value is -0.340. The predicted octanol–water partition coefficient (Wildman–Crippen LogP) is 2.17. The summed E-state index contributed by atoms with van der Waals surface area (Å²) in [4.78, 5) is 10.8. The normalized spacial score (nSPS) is 8.80. The number of hydrogen-bond donors (Lipinski definition) is 0. The molecular weight excluding hydrogens is 259 g/mol. The standard InChI is InChI=1S/C7H3IOS/c1-2-6(9)5-3-7(8)10-4-5/h1,3-4H. The number of ketones is 1. The molecule has 0 aliphatic heterocycles.